The number of fused-ring (bicyclic) bond motifs is 8. The summed E-state index contributed by atoms with van der Waals surface area (Å²) in [7, 11) is -8.07. The second-order valence-electron chi connectivity index (χ2n) is 14.4. The highest BCUT2D eigenvalue weighted by Crippen LogP contribution is 2.68. The molecule has 4 aliphatic carbocycles. The molecule has 11 heteroatoms. The third-order valence-corrected chi connectivity index (χ3v) is 16.2. The molecule has 1 aliphatic heterocycles. The number of sulfone groups is 2. The van der Waals surface area contributed by atoms with Crippen LogP contribution in [-0.2, 0) is 38.6 Å². The van der Waals surface area contributed by atoms with Crippen LogP contribution < -0.4 is 4.90 Å². The minimum Gasteiger partial charge on any atom is -0.377 e. The first-order chi connectivity index (χ1) is 25.4. The van der Waals surface area contributed by atoms with Crippen LogP contribution in [0.15, 0.2) is 111 Å². The van der Waals surface area contributed by atoms with Crippen LogP contribution >= 0.6 is 0 Å². The Morgan fingerprint density at radius 2 is 0.962 bits per heavy atom. The van der Waals surface area contributed by atoms with Gasteiger partial charge in [0, 0.05) is 30.6 Å². The summed E-state index contributed by atoms with van der Waals surface area (Å²) in [4.78, 5) is 2.59. The Bertz CT molecular complexity index is 1880. The summed E-state index contributed by atoms with van der Waals surface area (Å²) in [5, 5.41) is -2.21. The molecule has 3 aromatic rings. The molecule has 276 valence electrons. The second-order valence-corrected chi connectivity index (χ2v) is 18.6. The summed E-state index contributed by atoms with van der Waals surface area (Å²) in [5.74, 6) is -0.329. The van der Waals surface area contributed by atoms with Crippen LogP contribution in [0.25, 0.3) is 6.08 Å². The fourth-order valence-electron chi connectivity index (χ4n) is 9.43. The number of ether oxygens (including phenoxy) is 4. The molecule has 8 rings (SSSR count). The van der Waals surface area contributed by atoms with Crippen molar-refractivity contribution < 1.29 is 35.8 Å². The molecular formula is C41H47NO8S2. The van der Waals surface area contributed by atoms with Crippen LogP contribution in [0.1, 0.15) is 24.8 Å². The molecule has 6 atom stereocenters. The zero-order chi connectivity index (χ0) is 35.7. The molecule has 0 unspecified atom stereocenters. The van der Waals surface area contributed by atoms with E-state index in [1.807, 2.05) is 0 Å². The summed E-state index contributed by atoms with van der Waals surface area (Å²) in [5.41, 5.74) is 5.31. The summed E-state index contributed by atoms with van der Waals surface area (Å²) >= 11 is 0. The number of nitrogens with zero attached hydrogens (tertiary/aromatic N) is 1. The number of allylic oxidation sites excluding steroid dienone is 3. The molecule has 3 fully saturated rings. The highest BCUT2D eigenvalue weighted by molar-refractivity contribution is 7.96. The SMILES string of the molecule is O=S(=O)(c1ccccc1)[C@@H]1[C@H]2C(=Cc3ccc(N4CCOCCOCCOCCOCC4)cc3)[C@@H](C3=C2[C@H]2CC[C@H]3C2)[C@@H]1S(=O)(=O)c1ccccc1. The van der Waals surface area contributed by atoms with Crippen LogP contribution in [0.5, 0.6) is 0 Å². The molecule has 3 aromatic carbocycles. The van der Waals surface area contributed by atoms with E-state index in [-0.39, 0.29) is 9.79 Å². The van der Waals surface area contributed by atoms with Gasteiger partial charge >= 0.3 is 0 Å². The minimum atomic E-state index is -4.04. The van der Waals surface area contributed by atoms with Gasteiger partial charge < -0.3 is 23.8 Å². The highest BCUT2D eigenvalue weighted by atomic mass is 32.2. The van der Waals surface area contributed by atoms with Crippen molar-refractivity contribution in [1.29, 1.82) is 0 Å². The second kappa shape index (κ2) is 15.2. The monoisotopic (exact) mass is 745 g/mol. The summed E-state index contributed by atoms with van der Waals surface area (Å²) < 4.78 is 81.9. The zero-order valence-corrected chi connectivity index (χ0v) is 31.0. The predicted molar refractivity (Wildman–Crippen MR) is 200 cm³/mol. The van der Waals surface area contributed by atoms with Gasteiger partial charge in [0.05, 0.1) is 73.1 Å². The van der Waals surface area contributed by atoms with Crippen molar-refractivity contribution in [3.63, 3.8) is 0 Å². The molecule has 4 bridgehead atoms. The van der Waals surface area contributed by atoms with Gasteiger partial charge in [-0.2, -0.15) is 0 Å². The van der Waals surface area contributed by atoms with E-state index in [4.69, 9.17) is 18.9 Å². The molecule has 1 saturated heterocycles. The lowest BCUT2D eigenvalue weighted by Gasteiger charge is -2.35. The fourth-order valence-corrected chi connectivity index (χ4v) is 14.4. The molecule has 0 aromatic heterocycles. The van der Waals surface area contributed by atoms with Crippen molar-refractivity contribution in [1.82, 2.24) is 0 Å². The van der Waals surface area contributed by atoms with E-state index in [0.717, 1.165) is 36.1 Å². The number of anilines is 1. The van der Waals surface area contributed by atoms with E-state index in [9.17, 15) is 16.8 Å². The molecular weight excluding hydrogens is 699 g/mol. The van der Waals surface area contributed by atoms with Crippen molar-refractivity contribution in [3.8, 4) is 0 Å². The van der Waals surface area contributed by atoms with Crippen LogP contribution in [-0.4, -0.2) is 93.3 Å². The number of hydrogen-bond donors (Lipinski definition) is 0. The van der Waals surface area contributed by atoms with Crippen molar-refractivity contribution in [3.05, 3.63) is 107 Å². The Hall–Kier alpha value is -3.32. The van der Waals surface area contributed by atoms with Crippen molar-refractivity contribution in [2.45, 2.75) is 39.6 Å². The Balaban J connectivity index is 1.15. The Kier molecular flexibility index (Phi) is 10.4. The minimum absolute atomic E-state index is 0.177. The van der Waals surface area contributed by atoms with Crippen molar-refractivity contribution in [2.24, 2.45) is 23.7 Å². The van der Waals surface area contributed by atoms with E-state index in [1.54, 1.807) is 60.7 Å². The van der Waals surface area contributed by atoms with Gasteiger partial charge in [-0.1, -0.05) is 71.3 Å². The molecule has 2 saturated carbocycles. The average molecular weight is 746 g/mol. The molecule has 52 heavy (non-hydrogen) atoms. The highest BCUT2D eigenvalue weighted by Gasteiger charge is 2.67. The lowest BCUT2D eigenvalue weighted by Crippen LogP contribution is -2.45. The maximum atomic E-state index is 14.8. The van der Waals surface area contributed by atoms with Gasteiger partial charge in [0.2, 0.25) is 0 Å². The smallest absolute Gasteiger partial charge is 0.183 e. The number of rotatable bonds is 6. The van der Waals surface area contributed by atoms with E-state index >= 15 is 0 Å². The van der Waals surface area contributed by atoms with E-state index in [2.05, 4.69) is 35.2 Å². The van der Waals surface area contributed by atoms with E-state index in [0.29, 0.717) is 77.8 Å². The first-order valence-electron chi connectivity index (χ1n) is 18.5. The topological polar surface area (TPSA) is 108 Å². The molecule has 0 N–H and O–H groups in total. The van der Waals surface area contributed by atoms with Crippen LogP contribution in [0.2, 0.25) is 0 Å². The van der Waals surface area contributed by atoms with Gasteiger partial charge in [0.25, 0.3) is 0 Å². The molecule has 0 spiro atoms. The molecule has 0 radical (unpaired) electrons. The summed E-state index contributed by atoms with van der Waals surface area (Å²) in [6.07, 6.45) is 5.17. The third-order valence-electron chi connectivity index (χ3n) is 11.6. The first-order valence-corrected chi connectivity index (χ1v) is 21.6. The summed E-state index contributed by atoms with van der Waals surface area (Å²) in [6, 6.07) is 25.1. The van der Waals surface area contributed by atoms with Gasteiger partial charge in [-0.15, -0.1) is 0 Å². The van der Waals surface area contributed by atoms with Crippen LogP contribution in [0, 0.1) is 23.7 Å². The average Bonchev–Trinajstić information content (AvgIpc) is 3.94. The van der Waals surface area contributed by atoms with Gasteiger partial charge in [0.15, 0.2) is 19.7 Å². The van der Waals surface area contributed by atoms with Crippen molar-refractivity contribution >= 4 is 31.4 Å². The number of benzene rings is 3. The maximum absolute atomic E-state index is 14.8. The maximum Gasteiger partial charge on any atom is 0.183 e. The Morgan fingerprint density at radius 1 is 0.538 bits per heavy atom. The number of hydrogen-bond acceptors (Lipinski definition) is 9. The van der Waals surface area contributed by atoms with E-state index in [1.165, 1.54) is 11.1 Å². The van der Waals surface area contributed by atoms with Gasteiger partial charge in [-0.3, -0.25) is 0 Å². The van der Waals surface area contributed by atoms with Gasteiger partial charge in [-0.05, 0) is 73.1 Å². The normalized spacial score (nSPS) is 29.6. The zero-order valence-electron chi connectivity index (χ0n) is 29.3. The lowest BCUT2D eigenvalue weighted by molar-refractivity contribution is 0.00206. The van der Waals surface area contributed by atoms with Crippen molar-refractivity contribution in [2.75, 3.05) is 70.8 Å². The molecule has 0 amide bonds. The predicted octanol–water partition coefficient (Wildman–Crippen LogP) is 5.63. The lowest BCUT2D eigenvalue weighted by atomic mass is 9.82. The quantitative estimate of drug-likeness (QED) is 0.235. The molecule has 9 nitrogen and oxygen atoms in total. The fraction of sp³-hybridized carbons (Fsp3) is 0.463. The van der Waals surface area contributed by atoms with Gasteiger partial charge in [0.1, 0.15) is 0 Å². The van der Waals surface area contributed by atoms with Crippen LogP contribution in [0.3, 0.4) is 0 Å². The molecule has 1 heterocycles. The Labute approximate surface area is 307 Å². The molecule has 5 aliphatic rings. The van der Waals surface area contributed by atoms with Gasteiger partial charge in [-0.25, -0.2) is 16.8 Å². The largest absolute Gasteiger partial charge is 0.377 e. The summed E-state index contributed by atoms with van der Waals surface area (Å²) in [6.45, 7) is 5.59. The first kappa shape index (κ1) is 35.7. The third kappa shape index (κ3) is 6.69. The Morgan fingerprint density at radius 3 is 1.40 bits per heavy atom. The van der Waals surface area contributed by atoms with Crippen LogP contribution in [0.4, 0.5) is 5.69 Å². The van der Waals surface area contributed by atoms with E-state index < -0.39 is 42.0 Å². The standard InChI is InChI=1S/C41H47NO8S2/c43-51(44,33-7-3-1-4-8-33)40-38-35(39(37-31-14-13-30(28-31)36(37)38)41(40)52(45,46)34-9-5-2-6-10-34)27-29-11-15-32(16-12-29)42-17-19-47-21-23-49-25-26-50-24-22-48-20-18-42/h1-12,15-16,27,30-31,38-41H,13-14,17-26,28H2/t30-,31-,38-,39-,40-,41+/m0/s1.